The van der Waals surface area contributed by atoms with E-state index in [1.165, 1.54) is 7.11 Å². The molecule has 1 N–H and O–H groups in total. The number of methoxy groups -OCH3 is 2. The maximum atomic E-state index is 12.4. The van der Waals surface area contributed by atoms with Gasteiger partial charge in [0, 0.05) is 12.0 Å². The molecular formula is C21H23N3O5. The predicted octanol–water partition coefficient (Wildman–Crippen LogP) is 3.89. The number of hydrogen-bond donors (Lipinski definition) is 1. The van der Waals surface area contributed by atoms with Crippen molar-refractivity contribution in [1.29, 1.82) is 0 Å². The SMILES string of the molecule is COc1ccc(NC(=O)COc2ccccc2-c2nc(C(C)C)no2)c(OC)c1. The Bertz CT molecular complexity index is 984. The first-order chi connectivity index (χ1) is 14.0. The molecule has 0 aliphatic heterocycles. The molecule has 2 aromatic carbocycles. The zero-order chi connectivity index (χ0) is 20.8. The summed E-state index contributed by atoms with van der Waals surface area (Å²) in [5.74, 6) is 2.36. The number of anilines is 1. The van der Waals surface area contributed by atoms with E-state index in [2.05, 4.69) is 15.5 Å². The van der Waals surface area contributed by atoms with Crippen LogP contribution in [0.3, 0.4) is 0 Å². The zero-order valence-electron chi connectivity index (χ0n) is 16.8. The smallest absolute Gasteiger partial charge is 0.262 e. The lowest BCUT2D eigenvalue weighted by Crippen LogP contribution is -2.20. The molecule has 0 fully saturated rings. The Labute approximate surface area is 168 Å². The van der Waals surface area contributed by atoms with Gasteiger partial charge in [0.15, 0.2) is 12.4 Å². The molecule has 0 bridgehead atoms. The largest absolute Gasteiger partial charge is 0.497 e. The van der Waals surface area contributed by atoms with Crippen molar-refractivity contribution in [1.82, 2.24) is 10.1 Å². The number of amides is 1. The number of nitrogens with one attached hydrogen (secondary N) is 1. The highest BCUT2D eigenvalue weighted by molar-refractivity contribution is 5.93. The highest BCUT2D eigenvalue weighted by Crippen LogP contribution is 2.30. The van der Waals surface area contributed by atoms with Crippen molar-refractivity contribution in [2.45, 2.75) is 19.8 Å². The van der Waals surface area contributed by atoms with Crippen LogP contribution in [0.15, 0.2) is 47.0 Å². The van der Waals surface area contributed by atoms with Gasteiger partial charge in [-0.3, -0.25) is 4.79 Å². The van der Waals surface area contributed by atoms with Gasteiger partial charge in [0.25, 0.3) is 11.8 Å². The van der Waals surface area contributed by atoms with Gasteiger partial charge in [-0.15, -0.1) is 0 Å². The van der Waals surface area contributed by atoms with Crippen molar-refractivity contribution in [2.75, 3.05) is 26.1 Å². The van der Waals surface area contributed by atoms with E-state index in [1.807, 2.05) is 26.0 Å². The molecule has 1 amide bonds. The van der Waals surface area contributed by atoms with Crippen molar-refractivity contribution >= 4 is 11.6 Å². The third-order valence-corrected chi connectivity index (χ3v) is 4.12. The van der Waals surface area contributed by atoms with Crippen LogP contribution < -0.4 is 19.5 Å². The van der Waals surface area contributed by atoms with Crippen molar-refractivity contribution in [3.05, 3.63) is 48.3 Å². The number of rotatable bonds is 8. The van der Waals surface area contributed by atoms with E-state index in [9.17, 15) is 4.79 Å². The van der Waals surface area contributed by atoms with E-state index in [4.69, 9.17) is 18.7 Å². The monoisotopic (exact) mass is 397 g/mol. The van der Waals surface area contributed by atoms with E-state index < -0.39 is 0 Å². The molecule has 0 spiro atoms. The predicted molar refractivity (Wildman–Crippen MR) is 107 cm³/mol. The third kappa shape index (κ3) is 4.84. The normalized spacial score (nSPS) is 10.7. The van der Waals surface area contributed by atoms with Gasteiger partial charge in [0.2, 0.25) is 0 Å². The summed E-state index contributed by atoms with van der Waals surface area (Å²) in [6.45, 7) is 3.76. The van der Waals surface area contributed by atoms with Crippen molar-refractivity contribution in [3.8, 4) is 28.7 Å². The molecule has 3 aromatic rings. The maximum absolute atomic E-state index is 12.4. The van der Waals surface area contributed by atoms with Crippen LogP contribution in [0.2, 0.25) is 0 Å². The van der Waals surface area contributed by atoms with Crippen molar-refractivity contribution < 1.29 is 23.5 Å². The molecule has 0 aliphatic rings. The number of hydrogen-bond acceptors (Lipinski definition) is 7. The van der Waals surface area contributed by atoms with Gasteiger partial charge in [0.1, 0.15) is 17.2 Å². The summed E-state index contributed by atoms with van der Waals surface area (Å²) in [5.41, 5.74) is 1.15. The van der Waals surface area contributed by atoms with E-state index in [1.54, 1.807) is 37.4 Å². The molecule has 1 heterocycles. The molecule has 1 aromatic heterocycles. The Hall–Kier alpha value is -3.55. The summed E-state index contributed by atoms with van der Waals surface area (Å²) >= 11 is 0. The lowest BCUT2D eigenvalue weighted by atomic mass is 10.2. The highest BCUT2D eigenvalue weighted by Gasteiger charge is 2.16. The number of ether oxygens (including phenoxy) is 3. The molecule has 0 saturated heterocycles. The quantitative estimate of drug-likeness (QED) is 0.616. The number of aromatic nitrogens is 2. The number of benzene rings is 2. The molecular weight excluding hydrogens is 374 g/mol. The highest BCUT2D eigenvalue weighted by atomic mass is 16.5. The minimum absolute atomic E-state index is 0.144. The molecule has 0 aliphatic carbocycles. The first-order valence-corrected chi connectivity index (χ1v) is 9.09. The van der Waals surface area contributed by atoms with Gasteiger partial charge in [-0.2, -0.15) is 4.98 Å². The number of nitrogens with zero attached hydrogens (tertiary/aromatic N) is 2. The zero-order valence-corrected chi connectivity index (χ0v) is 16.8. The lowest BCUT2D eigenvalue weighted by Gasteiger charge is -2.13. The van der Waals surface area contributed by atoms with Gasteiger partial charge < -0.3 is 24.1 Å². The Balaban J connectivity index is 1.69. The minimum Gasteiger partial charge on any atom is -0.497 e. The van der Waals surface area contributed by atoms with Crippen LogP contribution in [-0.4, -0.2) is 36.9 Å². The topological polar surface area (TPSA) is 95.7 Å². The molecule has 29 heavy (non-hydrogen) atoms. The average Bonchev–Trinajstić information content (AvgIpc) is 3.23. The van der Waals surface area contributed by atoms with E-state index >= 15 is 0 Å². The molecule has 0 unspecified atom stereocenters. The van der Waals surface area contributed by atoms with Crippen LogP contribution in [0.5, 0.6) is 17.2 Å². The van der Waals surface area contributed by atoms with Crippen molar-refractivity contribution in [3.63, 3.8) is 0 Å². The summed E-state index contributed by atoms with van der Waals surface area (Å²) in [7, 11) is 3.08. The van der Waals surface area contributed by atoms with E-state index in [0.29, 0.717) is 40.2 Å². The van der Waals surface area contributed by atoms with Crippen LogP contribution in [0.4, 0.5) is 5.69 Å². The van der Waals surface area contributed by atoms with Crippen molar-refractivity contribution in [2.24, 2.45) is 0 Å². The second-order valence-electron chi connectivity index (χ2n) is 6.51. The first-order valence-electron chi connectivity index (χ1n) is 9.09. The summed E-state index contributed by atoms with van der Waals surface area (Å²) in [4.78, 5) is 16.8. The maximum Gasteiger partial charge on any atom is 0.262 e. The summed E-state index contributed by atoms with van der Waals surface area (Å²) < 4.78 is 21.5. The summed E-state index contributed by atoms with van der Waals surface area (Å²) in [5, 5.41) is 6.74. The van der Waals surface area contributed by atoms with Crippen LogP contribution in [0, 0.1) is 0 Å². The lowest BCUT2D eigenvalue weighted by molar-refractivity contribution is -0.118. The number of para-hydroxylation sites is 1. The molecule has 0 saturated carbocycles. The Morgan fingerprint density at radius 3 is 2.59 bits per heavy atom. The standard InChI is InChI=1S/C21H23N3O5/c1-13(2)20-23-21(29-24-20)15-7-5-6-8-17(15)28-12-19(25)22-16-10-9-14(26-3)11-18(16)27-4/h5-11,13H,12H2,1-4H3,(H,22,25). The fourth-order valence-corrected chi connectivity index (χ4v) is 2.58. The fourth-order valence-electron chi connectivity index (χ4n) is 2.58. The molecule has 8 nitrogen and oxygen atoms in total. The number of carbonyl (C=O) groups excluding carboxylic acids is 1. The number of carbonyl (C=O) groups is 1. The van der Waals surface area contributed by atoms with E-state index in [-0.39, 0.29) is 18.4 Å². The van der Waals surface area contributed by atoms with Gasteiger partial charge in [-0.05, 0) is 24.3 Å². The first kappa shape index (κ1) is 20.2. The molecule has 152 valence electrons. The van der Waals surface area contributed by atoms with Crippen LogP contribution in [-0.2, 0) is 4.79 Å². The second-order valence-corrected chi connectivity index (χ2v) is 6.51. The van der Waals surface area contributed by atoms with Crippen LogP contribution in [0.1, 0.15) is 25.6 Å². The Kier molecular flexibility index (Phi) is 6.33. The summed E-state index contributed by atoms with van der Waals surface area (Å²) in [6.07, 6.45) is 0. The molecule has 0 radical (unpaired) electrons. The Morgan fingerprint density at radius 1 is 1.10 bits per heavy atom. The molecule has 3 rings (SSSR count). The van der Waals surface area contributed by atoms with E-state index in [0.717, 1.165) is 0 Å². The fraction of sp³-hybridized carbons (Fsp3) is 0.286. The third-order valence-electron chi connectivity index (χ3n) is 4.12. The second kappa shape index (κ2) is 9.09. The van der Waals surface area contributed by atoms with Gasteiger partial charge in [-0.1, -0.05) is 31.1 Å². The average molecular weight is 397 g/mol. The van der Waals surface area contributed by atoms with Gasteiger partial charge >= 0.3 is 0 Å². The van der Waals surface area contributed by atoms with Crippen LogP contribution in [0.25, 0.3) is 11.5 Å². The minimum atomic E-state index is -0.336. The van der Waals surface area contributed by atoms with Crippen LogP contribution >= 0.6 is 0 Å². The molecule has 8 heteroatoms. The Morgan fingerprint density at radius 2 is 1.90 bits per heavy atom. The summed E-state index contributed by atoms with van der Waals surface area (Å²) in [6, 6.07) is 12.3. The molecule has 0 atom stereocenters. The van der Waals surface area contributed by atoms with Gasteiger partial charge in [0.05, 0.1) is 25.5 Å². The van der Waals surface area contributed by atoms with Gasteiger partial charge in [-0.25, -0.2) is 0 Å².